The van der Waals surface area contributed by atoms with Gasteiger partial charge in [-0.3, -0.25) is 4.79 Å². The first-order chi connectivity index (χ1) is 13.9. The Morgan fingerprint density at radius 2 is 2.03 bits per heavy atom. The van der Waals surface area contributed by atoms with Crippen LogP contribution in [0.5, 0.6) is 0 Å². The van der Waals surface area contributed by atoms with Crippen molar-refractivity contribution in [2.24, 2.45) is 10.7 Å². The summed E-state index contributed by atoms with van der Waals surface area (Å²) in [5.41, 5.74) is 3.48. The van der Waals surface area contributed by atoms with E-state index in [1.165, 1.54) is 31.3 Å². The van der Waals surface area contributed by atoms with Crippen LogP contribution in [0, 0.1) is 5.82 Å². The van der Waals surface area contributed by atoms with Crippen molar-refractivity contribution in [3.05, 3.63) is 57.6 Å². The molecule has 0 unspecified atom stereocenters. The largest absolute Gasteiger partial charge is 0.454 e. The summed E-state index contributed by atoms with van der Waals surface area (Å²) in [4.78, 5) is 19.4. The van der Waals surface area contributed by atoms with Crippen molar-refractivity contribution in [1.29, 1.82) is 0 Å². The summed E-state index contributed by atoms with van der Waals surface area (Å²) in [5.74, 6) is -1.66. The smallest absolute Gasteiger partial charge is 0.411 e. The van der Waals surface area contributed by atoms with Crippen LogP contribution >= 0.6 is 23.2 Å². The number of carbonyl (C=O) groups is 1. The number of alkyl halides is 3. The molecule has 1 aliphatic heterocycles. The number of hydrogen-bond acceptors (Lipinski definition) is 5. The molecule has 1 aromatic carbocycles. The first kappa shape index (κ1) is 22.1. The molecule has 1 aromatic heterocycles. The molecule has 30 heavy (non-hydrogen) atoms. The lowest BCUT2D eigenvalue weighted by atomic mass is 9.87. The highest BCUT2D eigenvalue weighted by Crippen LogP contribution is 2.43. The Kier molecular flexibility index (Phi) is 5.83. The third kappa shape index (κ3) is 4.59. The number of rotatable bonds is 3. The van der Waals surface area contributed by atoms with Crippen molar-refractivity contribution in [3.8, 4) is 0 Å². The number of nitrogens with two attached hydrogens (primary N) is 1. The van der Waals surface area contributed by atoms with E-state index in [0.717, 1.165) is 6.07 Å². The number of hydrogen-bond donors (Lipinski definition) is 2. The standard InChI is InChI=1S/C18H14Cl2F4N4O2/c1-17(6-13(18(22,23)24)28-16(25)30-17)10-4-9(5-11(21)14(10)20)27-15(29)12-3-2-8(19)7-26-12/h2-5,7,13H,6H2,1H3,(H2,25,28)(H,27,29)/t13-,17-/m0/s1. The molecule has 3 N–H and O–H groups in total. The van der Waals surface area contributed by atoms with E-state index >= 15 is 0 Å². The molecule has 2 aromatic rings. The molecule has 0 saturated heterocycles. The molecule has 0 fully saturated rings. The zero-order valence-electron chi connectivity index (χ0n) is 15.2. The number of nitrogens with one attached hydrogen (secondary N) is 1. The van der Waals surface area contributed by atoms with Crippen molar-refractivity contribution in [2.45, 2.75) is 31.2 Å². The van der Waals surface area contributed by atoms with E-state index in [2.05, 4.69) is 15.3 Å². The van der Waals surface area contributed by atoms with Gasteiger partial charge >= 0.3 is 6.18 Å². The molecule has 160 valence electrons. The maximum absolute atomic E-state index is 14.4. The van der Waals surface area contributed by atoms with Crippen LogP contribution in [0.25, 0.3) is 0 Å². The quantitative estimate of drug-likeness (QED) is 0.646. The lowest BCUT2D eigenvalue weighted by Crippen LogP contribution is -2.45. The maximum Gasteiger partial charge on any atom is 0.411 e. The number of ether oxygens (including phenoxy) is 1. The number of pyridine rings is 1. The molecular weight excluding hydrogens is 451 g/mol. The van der Waals surface area contributed by atoms with Gasteiger partial charge in [0.05, 0.1) is 10.0 Å². The Morgan fingerprint density at radius 1 is 1.33 bits per heavy atom. The lowest BCUT2D eigenvalue weighted by Gasteiger charge is -2.37. The van der Waals surface area contributed by atoms with Gasteiger partial charge in [-0.2, -0.15) is 13.2 Å². The number of aliphatic imine (C=N–C) groups is 1. The Morgan fingerprint density at radius 3 is 2.63 bits per heavy atom. The average Bonchev–Trinajstić information content (AvgIpc) is 2.63. The number of benzene rings is 1. The molecule has 3 rings (SSSR count). The average molecular weight is 465 g/mol. The second kappa shape index (κ2) is 7.92. The third-order valence-corrected chi connectivity index (χ3v) is 5.00. The van der Waals surface area contributed by atoms with E-state index in [-0.39, 0.29) is 16.9 Å². The molecule has 0 saturated carbocycles. The number of anilines is 1. The molecule has 2 atom stereocenters. The van der Waals surface area contributed by atoms with Gasteiger partial charge in [-0.1, -0.05) is 23.2 Å². The molecule has 0 aliphatic carbocycles. The van der Waals surface area contributed by atoms with Gasteiger partial charge in [0.1, 0.15) is 17.1 Å². The SMILES string of the molecule is C[C@@]1(c2cc(NC(=O)c3ccc(Cl)cn3)cc(F)c2Cl)C[C@@H](C(F)(F)F)N=C(N)O1. The van der Waals surface area contributed by atoms with Crippen LogP contribution in [0.4, 0.5) is 23.2 Å². The highest BCUT2D eigenvalue weighted by atomic mass is 35.5. The van der Waals surface area contributed by atoms with E-state index in [9.17, 15) is 22.4 Å². The molecule has 0 spiro atoms. The van der Waals surface area contributed by atoms with E-state index in [4.69, 9.17) is 33.7 Å². The predicted octanol–water partition coefficient (Wildman–Crippen LogP) is 4.66. The van der Waals surface area contributed by atoms with Crippen LogP contribution in [0.3, 0.4) is 0 Å². The second-order valence-electron chi connectivity index (χ2n) is 6.70. The Labute approximate surface area is 178 Å². The van der Waals surface area contributed by atoms with Gasteiger partial charge in [-0.15, -0.1) is 0 Å². The van der Waals surface area contributed by atoms with Gasteiger partial charge in [0, 0.05) is 23.9 Å². The minimum absolute atomic E-state index is 0.00931. The normalized spacial score (nSPS) is 21.6. The summed E-state index contributed by atoms with van der Waals surface area (Å²) in [6.07, 6.45) is -4.13. The summed E-state index contributed by atoms with van der Waals surface area (Å²) < 4.78 is 59.4. The summed E-state index contributed by atoms with van der Waals surface area (Å²) in [6, 6.07) is 2.06. The van der Waals surface area contributed by atoms with Crippen molar-refractivity contribution in [3.63, 3.8) is 0 Å². The number of carbonyl (C=O) groups excluding carboxylic acids is 1. The first-order valence-corrected chi connectivity index (χ1v) is 9.16. The number of amides is 1. The molecule has 1 aliphatic rings. The van der Waals surface area contributed by atoms with Crippen LogP contribution in [0.15, 0.2) is 35.5 Å². The Hall–Kier alpha value is -2.59. The molecular formula is C18H14Cl2F4N4O2. The predicted molar refractivity (Wildman–Crippen MR) is 103 cm³/mol. The van der Waals surface area contributed by atoms with Gasteiger partial charge in [0.15, 0.2) is 6.04 Å². The zero-order valence-corrected chi connectivity index (χ0v) is 16.7. The highest BCUT2D eigenvalue weighted by Gasteiger charge is 2.49. The zero-order chi connectivity index (χ0) is 22.3. The minimum atomic E-state index is -4.69. The lowest BCUT2D eigenvalue weighted by molar-refractivity contribution is -0.164. The molecule has 0 radical (unpaired) electrons. The Bertz CT molecular complexity index is 1010. The van der Waals surface area contributed by atoms with Gasteiger partial charge < -0.3 is 15.8 Å². The highest BCUT2D eigenvalue weighted by molar-refractivity contribution is 6.31. The summed E-state index contributed by atoms with van der Waals surface area (Å²) in [5, 5.41) is 2.26. The first-order valence-electron chi connectivity index (χ1n) is 8.40. The number of aromatic nitrogens is 1. The number of amidine groups is 1. The fourth-order valence-corrected chi connectivity index (χ4v) is 3.39. The van der Waals surface area contributed by atoms with Crippen LogP contribution in [0.2, 0.25) is 10.0 Å². The topological polar surface area (TPSA) is 89.6 Å². The molecule has 2 heterocycles. The number of nitrogens with zero attached hydrogens (tertiary/aromatic N) is 2. The second-order valence-corrected chi connectivity index (χ2v) is 7.51. The minimum Gasteiger partial charge on any atom is -0.454 e. The van der Waals surface area contributed by atoms with Crippen molar-refractivity contribution >= 4 is 40.8 Å². The third-order valence-electron chi connectivity index (χ3n) is 4.39. The monoisotopic (exact) mass is 464 g/mol. The molecule has 6 nitrogen and oxygen atoms in total. The van der Waals surface area contributed by atoms with Crippen molar-refractivity contribution < 1.29 is 27.1 Å². The van der Waals surface area contributed by atoms with Gasteiger partial charge in [-0.05, 0) is 31.2 Å². The maximum atomic E-state index is 14.4. The fourth-order valence-electron chi connectivity index (χ4n) is 2.97. The molecule has 12 heteroatoms. The van der Waals surface area contributed by atoms with Crippen molar-refractivity contribution in [1.82, 2.24) is 4.98 Å². The molecule has 1 amide bonds. The van der Waals surface area contributed by atoms with Gasteiger partial charge in [0.2, 0.25) is 0 Å². The van der Waals surface area contributed by atoms with Crippen LogP contribution in [0.1, 0.15) is 29.4 Å². The molecule has 0 bridgehead atoms. The van der Waals surface area contributed by atoms with E-state index in [1.54, 1.807) is 0 Å². The van der Waals surface area contributed by atoms with E-state index < -0.39 is 47.0 Å². The van der Waals surface area contributed by atoms with Crippen molar-refractivity contribution in [2.75, 3.05) is 5.32 Å². The van der Waals surface area contributed by atoms with E-state index in [0.29, 0.717) is 5.02 Å². The van der Waals surface area contributed by atoms with Gasteiger partial charge in [-0.25, -0.2) is 14.4 Å². The van der Waals surface area contributed by atoms with Crippen LogP contribution < -0.4 is 11.1 Å². The fraction of sp³-hybridized carbons (Fsp3) is 0.278. The summed E-state index contributed by atoms with van der Waals surface area (Å²) >= 11 is 11.7. The van der Waals surface area contributed by atoms with Gasteiger partial charge in [0.25, 0.3) is 11.9 Å². The van der Waals surface area contributed by atoms with Crippen LogP contribution in [-0.4, -0.2) is 29.1 Å². The number of halogens is 6. The summed E-state index contributed by atoms with van der Waals surface area (Å²) in [6.45, 7) is 1.28. The van der Waals surface area contributed by atoms with E-state index in [1.807, 2.05) is 0 Å². The Balaban J connectivity index is 1.96. The summed E-state index contributed by atoms with van der Waals surface area (Å²) in [7, 11) is 0. The van der Waals surface area contributed by atoms with Crippen LogP contribution in [-0.2, 0) is 10.3 Å².